The van der Waals surface area contributed by atoms with Gasteiger partial charge >= 0.3 is 11.9 Å². The molecule has 0 bridgehead atoms. The van der Waals surface area contributed by atoms with Gasteiger partial charge in [0.2, 0.25) is 5.75 Å². The van der Waals surface area contributed by atoms with Crippen molar-refractivity contribution in [2.75, 3.05) is 0 Å². The zero-order valence-electron chi connectivity index (χ0n) is 10.6. The van der Waals surface area contributed by atoms with Crippen molar-refractivity contribution < 1.29 is 27.9 Å². The molecule has 0 fully saturated rings. The number of nitro benzene ring substituents is 1. The van der Waals surface area contributed by atoms with Gasteiger partial charge in [-0.1, -0.05) is 23.7 Å². The molecule has 0 atom stereocenters. The molecule has 0 saturated carbocycles. The van der Waals surface area contributed by atoms with Crippen molar-refractivity contribution >= 4 is 17.3 Å². The highest BCUT2D eigenvalue weighted by Gasteiger charge is 2.36. The zero-order chi connectivity index (χ0) is 16.5. The summed E-state index contributed by atoms with van der Waals surface area (Å²) in [4.78, 5) is 9.91. The number of phenolic OH excluding ortho intramolecular Hbond substituents is 1. The number of halogens is 4. The second-order valence-corrected chi connectivity index (χ2v) is 4.53. The van der Waals surface area contributed by atoms with Gasteiger partial charge in [0.15, 0.2) is 11.5 Å². The van der Waals surface area contributed by atoms with Crippen molar-refractivity contribution in [1.29, 1.82) is 0 Å². The van der Waals surface area contributed by atoms with E-state index in [4.69, 9.17) is 16.3 Å². The van der Waals surface area contributed by atoms with Crippen LogP contribution in [-0.2, 0) is 6.18 Å². The summed E-state index contributed by atoms with van der Waals surface area (Å²) in [5.74, 6) is -0.987. The third kappa shape index (κ3) is 3.22. The quantitative estimate of drug-likeness (QED) is 0.649. The molecule has 22 heavy (non-hydrogen) atoms. The fourth-order valence-corrected chi connectivity index (χ4v) is 1.91. The van der Waals surface area contributed by atoms with Gasteiger partial charge in [0.25, 0.3) is 0 Å². The number of rotatable bonds is 3. The van der Waals surface area contributed by atoms with E-state index in [-0.39, 0.29) is 17.6 Å². The average Bonchev–Trinajstić information content (AvgIpc) is 2.39. The van der Waals surface area contributed by atoms with E-state index in [2.05, 4.69) is 0 Å². The Morgan fingerprint density at radius 3 is 2.36 bits per heavy atom. The number of nitrogens with zero attached hydrogens (tertiary/aromatic N) is 1. The van der Waals surface area contributed by atoms with Crippen LogP contribution in [0.5, 0.6) is 17.2 Å². The summed E-state index contributed by atoms with van der Waals surface area (Å²) in [5.41, 5.74) is -2.26. The number of hydrogen-bond acceptors (Lipinski definition) is 4. The zero-order valence-corrected chi connectivity index (χ0v) is 11.4. The largest absolute Gasteiger partial charge is 0.504 e. The number of alkyl halides is 3. The first-order valence-corrected chi connectivity index (χ1v) is 6.09. The second kappa shape index (κ2) is 5.72. The van der Waals surface area contributed by atoms with Gasteiger partial charge in [-0.15, -0.1) is 0 Å². The Morgan fingerprint density at radius 2 is 1.82 bits per heavy atom. The fraction of sp³-hybridized carbons (Fsp3) is 0.0769. The van der Waals surface area contributed by atoms with Crippen LogP contribution in [0.4, 0.5) is 18.9 Å². The van der Waals surface area contributed by atoms with Gasteiger partial charge < -0.3 is 9.84 Å². The van der Waals surface area contributed by atoms with Gasteiger partial charge in [0, 0.05) is 12.1 Å². The Labute approximate surface area is 126 Å². The molecule has 2 aromatic carbocycles. The summed E-state index contributed by atoms with van der Waals surface area (Å²) in [6, 6.07) is 6.49. The van der Waals surface area contributed by atoms with Gasteiger partial charge in [-0.2, -0.15) is 13.2 Å². The van der Waals surface area contributed by atoms with E-state index in [1.165, 1.54) is 24.3 Å². The second-order valence-electron chi connectivity index (χ2n) is 4.12. The molecule has 9 heteroatoms. The van der Waals surface area contributed by atoms with Gasteiger partial charge in [-0.05, 0) is 12.1 Å². The first-order chi connectivity index (χ1) is 10.2. The lowest BCUT2D eigenvalue weighted by Gasteiger charge is -2.12. The standard InChI is InChI=1S/C13H7ClF3NO4/c14-8-6-12(22-11-4-2-1-3-10(11)19)9(18(20)21)5-7(8)13(15,16)17/h1-6,19H. The Balaban J connectivity index is 2.54. The monoisotopic (exact) mass is 333 g/mol. The van der Waals surface area contributed by atoms with E-state index < -0.39 is 33.1 Å². The molecule has 2 aromatic rings. The van der Waals surface area contributed by atoms with Crippen molar-refractivity contribution in [2.45, 2.75) is 6.18 Å². The summed E-state index contributed by atoms with van der Waals surface area (Å²) in [7, 11) is 0. The van der Waals surface area contributed by atoms with Gasteiger partial charge in [0.05, 0.1) is 15.5 Å². The number of benzene rings is 2. The summed E-state index contributed by atoms with van der Waals surface area (Å²) < 4.78 is 43.3. The summed E-state index contributed by atoms with van der Waals surface area (Å²) in [6.45, 7) is 0. The van der Waals surface area contributed by atoms with E-state index in [1.54, 1.807) is 0 Å². The maximum absolute atomic E-state index is 12.7. The lowest BCUT2D eigenvalue weighted by molar-refractivity contribution is -0.385. The number of aromatic hydroxyl groups is 1. The minimum Gasteiger partial charge on any atom is -0.504 e. The molecule has 0 aromatic heterocycles. The molecule has 2 rings (SSSR count). The SMILES string of the molecule is O=[N+]([O-])c1cc(C(F)(F)F)c(Cl)cc1Oc1ccccc1O. The molecule has 0 unspecified atom stereocenters. The maximum Gasteiger partial charge on any atom is 0.418 e. The fourth-order valence-electron chi connectivity index (χ4n) is 1.65. The van der Waals surface area contributed by atoms with E-state index >= 15 is 0 Å². The molecule has 0 radical (unpaired) electrons. The smallest absolute Gasteiger partial charge is 0.418 e. The normalized spacial score (nSPS) is 11.3. The molecule has 1 N–H and O–H groups in total. The highest BCUT2D eigenvalue weighted by Crippen LogP contribution is 2.43. The molecule has 0 aliphatic heterocycles. The van der Waals surface area contributed by atoms with Crippen LogP contribution < -0.4 is 4.74 Å². The highest BCUT2D eigenvalue weighted by atomic mass is 35.5. The molecule has 0 aliphatic rings. The van der Waals surface area contributed by atoms with Crippen LogP contribution in [0, 0.1) is 10.1 Å². The third-order valence-corrected chi connectivity index (χ3v) is 2.95. The predicted molar refractivity (Wildman–Crippen MR) is 71.3 cm³/mol. The number of phenols is 1. The number of nitro groups is 1. The van der Waals surface area contributed by atoms with Crippen LogP contribution in [0.2, 0.25) is 5.02 Å². The minimum absolute atomic E-state index is 0.151. The van der Waals surface area contributed by atoms with Crippen molar-refractivity contribution in [1.82, 2.24) is 0 Å². The van der Waals surface area contributed by atoms with Crippen molar-refractivity contribution in [2.24, 2.45) is 0 Å². The lowest BCUT2D eigenvalue weighted by Crippen LogP contribution is -2.07. The Hall–Kier alpha value is -2.48. The van der Waals surface area contributed by atoms with Crippen LogP contribution in [0.3, 0.4) is 0 Å². The minimum atomic E-state index is -4.84. The summed E-state index contributed by atoms with van der Waals surface area (Å²) in [6.07, 6.45) is -4.84. The van der Waals surface area contributed by atoms with E-state index in [9.17, 15) is 28.4 Å². The Morgan fingerprint density at radius 1 is 1.18 bits per heavy atom. The molecule has 116 valence electrons. The van der Waals surface area contributed by atoms with Crippen LogP contribution in [0.1, 0.15) is 5.56 Å². The van der Waals surface area contributed by atoms with E-state index in [0.29, 0.717) is 6.07 Å². The number of hydrogen-bond donors (Lipinski definition) is 1. The van der Waals surface area contributed by atoms with Crippen LogP contribution in [-0.4, -0.2) is 10.0 Å². The third-order valence-electron chi connectivity index (χ3n) is 2.64. The summed E-state index contributed by atoms with van der Waals surface area (Å²) in [5, 5.41) is 19.7. The van der Waals surface area contributed by atoms with Crippen LogP contribution in [0.25, 0.3) is 0 Å². The predicted octanol–water partition coefficient (Wildman–Crippen LogP) is 4.76. The van der Waals surface area contributed by atoms with Crippen LogP contribution in [0.15, 0.2) is 36.4 Å². The van der Waals surface area contributed by atoms with Gasteiger partial charge in [-0.3, -0.25) is 10.1 Å². The first kappa shape index (κ1) is 15.9. The van der Waals surface area contributed by atoms with Gasteiger partial charge in [-0.25, -0.2) is 0 Å². The molecule has 0 aliphatic carbocycles. The number of para-hydroxylation sites is 2. The maximum atomic E-state index is 12.7. The number of ether oxygens (including phenoxy) is 1. The lowest BCUT2D eigenvalue weighted by atomic mass is 10.1. The molecule has 0 saturated heterocycles. The van der Waals surface area contributed by atoms with Crippen molar-refractivity contribution in [3.05, 3.63) is 57.1 Å². The molecular weight excluding hydrogens is 327 g/mol. The van der Waals surface area contributed by atoms with Crippen LogP contribution >= 0.6 is 11.6 Å². The van der Waals surface area contributed by atoms with E-state index in [1.807, 2.05) is 0 Å². The average molecular weight is 334 g/mol. The first-order valence-electron chi connectivity index (χ1n) is 5.71. The highest BCUT2D eigenvalue weighted by molar-refractivity contribution is 6.31. The Kier molecular flexibility index (Phi) is 4.14. The molecule has 0 heterocycles. The molecular formula is C13H7ClF3NO4. The van der Waals surface area contributed by atoms with Crippen molar-refractivity contribution in [3.63, 3.8) is 0 Å². The molecule has 5 nitrogen and oxygen atoms in total. The summed E-state index contributed by atoms with van der Waals surface area (Å²) >= 11 is 5.51. The Bertz CT molecular complexity index is 734. The molecule has 0 amide bonds. The topological polar surface area (TPSA) is 72.6 Å². The van der Waals surface area contributed by atoms with Crippen molar-refractivity contribution in [3.8, 4) is 17.2 Å². The van der Waals surface area contributed by atoms with E-state index in [0.717, 1.165) is 0 Å². The molecule has 0 spiro atoms. The van der Waals surface area contributed by atoms with Gasteiger partial charge in [0.1, 0.15) is 0 Å².